The highest BCUT2D eigenvalue weighted by molar-refractivity contribution is 7.99. The average Bonchev–Trinajstić information content (AvgIpc) is 2.78. The molecular weight excluding hydrogens is 238 g/mol. The van der Waals surface area contributed by atoms with Crippen LogP contribution in [0.5, 0.6) is 0 Å². The Hall–Kier alpha value is -0.260. The van der Waals surface area contributed by atoms with E-state index in [4.69, 9.17) is 9.47 Å². The molecule has 0 N–H and O–H groups in total. The smallest absolute Gasteiger partial charge is 0.232 e. The lowest BCUT2D eigenvalue weighted by Crippen LogP contribution is -2.45. The summed E-state index contributed by atoms with van der Waals surface area (Å²) in [5, 5.41) is 0. The summed E-state index contributed by atoms with van der Waals surface area (Å²) >= 11 is 1.58. The van der Waals surface area contributed by atoms with Gasteiger partial charge in [-0.05, 0) is 19.1 Å². The molecule has 0 aromatic rings. The van der Waals surface area contributed by atoms with Gasteiger partial charge in [0.1, 0.15) is 0 Å². The fourth-order valence-electron chi connectivity index (χ4n) is 2.64. The van der Waals surface area contributed by atoms with Crippen LogP contribution in [0.2, 0.25) is 0 Å². The van der Waals surface area contributed by atoms with Crippen LogP contribution < -0.4 is 0 Å². The first-order chi connectivity index (χ1) is 8.17. The molecule has 1 saturated heterocycles. The summed E-state index contributed by atoms with van der Waals surface area (Å²) in [6.45, 7) is 1.43. The van der Waals surface area contributed by atoms with E-state index >= 15 is 0 Å². The van der Waals surface area contributed by atoms with Crippen LogP contribution in [0.15, 0.2) is 0 Å². The van der Waals surface area contributed by atoms with E-state index in [2.05, 4.69) is 0 Å². The van der Waals surface area contributed by atoms with Crippen LogP contribution in [0.4, 0.5) is 0 Å². The van der Waals surface area contributed by atoms with E-state index in [9.17, 15) is 4.79 Å². The molecule has 0 bridgehead atoms. The predicted molar refractivity (Wildman–Crippen MR) is 68.0 cm³/mol. The zero-order chi connectivity index (χ0) is 12.3. The quantitative estimate of drug-likeness (QED) is 0.770. The molecule has 1 aliphatic heterocycles. The van der Waals surface area contributed by atoms with Crippen LogP contribution in [-0.4, -0.2) is 54.9 Å². The van der Waals surface area contributed by atoms with Crippen molar-refractivity contribution in [2.24, 2.45) is 0 Å². The molecule has 0 radical (unpaired) electrons. The van der Waals surface area contributed by atoms with E-state index in [1.54, 1.807) is 11.8 Å². The number of ether oxygens (including phenoxy) is 2. The van der Waals surface area contributed by atoms with Gasteiger partial charge in [-0.2, -0.15) is 11.8 Å². The Kier molecular flexibility index (Phi) is 4.33. The zero-order valence-electron chi connectivity index (χ0n) is 10.6. The third-order valence-electron chi connectivity index (χ3n) is 3.74. The normalized spacial score (nSPS) is 24.1. The Morgan fingerprint density at radius 3 is 2.47 bits per heavy atom. The SMILES string of the molecule is CSCC(=O)N(C)C1CCC2(CC1)OCCO2. The number of thioether (sulfide) groups is 1. The van der Waals surface area contributed by atoms with Crippen molar-refractivity contribution < 1.29 is 14.3 Å². The van der Waals surface area contributed by atoms with Gasteiger partial charge in [0.15, 0.2) is 5.79 Å². The molecule has 1 amide bonds. The molecule has 0 unspecified atom stereocenters. The van der Waals surface area contributed by atoms with E-state index < -0.39 is 0 Å². The second-order valence-corrected chi connectivity index (χ2v) is 5.64. The minimum absolute atomic E-state index is 0.228. The molecule has 1 heterocycles. The maximum Gasteiger partial charge on any atom is 0.232 e. The Bertz CT molecular complexity index is 269. The van der Waals surface area contributed by atoms with Crippen LogP contribution in [0, 0.1) is 0 Å². The maximum absolute atomic E-state index is 11.8. The lowest BCUT2D eigenvalue weighted by molar-refractivity contribution is -0.184. The standard InChI is InChI=1S/C12H21NO3S/c1-13(11(14)9-17-2)10-3-5-12(6-4-10)15-7-8-16-12/h10H,3-9H2,1-2H3. The molecular formula is C12H21NO3S. The molecule has 5 heteroatoms. The molecule has 2 fully saturated rings. The molecule has 2 aliphatic rings. The highest BCUT2D eigenvalue weighted by Gasteiger charge is 2.41. The molecule has 1 aliphatic carbocycles. The van der Waals surface area contributed by atoms with E-state index in [0.29, 0.717) is 25.0 Å². The van der Waals surface area contributed by atoms with Crippen LogP contribution >= 0.6 is 11.8 Å². The molecule has 0 aromatic heterocycles. The topological polar surface area (TPSA) is 38.8 Å². The third kappa shape index (κ3) is 2.95. The third-order valence-corrected chi connectivity index (χ3v) is 4.28. The lowest BCUT2D eigenvalue weighted by atomic mass is 9.89. The van der Waals surface area contributed by atoms with E-state index in [1.807, 2.05) is 18.2 Å². The Labute approximate surface area is 107 Å². The molecule has 1 spiro atoms. The van der Waals surface area contributed by atoms with Crippen LogP contribution in [-0.2, 0) is 14.3 Å². The molecule has 4 nitrogen and oxygen atoms in total. The first-order valence-corrected chi connectivity index (χ1v) is 7.59. The second-order valence-electron chi connectivity index (χ2n) is 4.78. The van der Waals surface area contributed by atoms with Crippen LogP contribution in [0.1, 0.15) is 25.7 Å². The van der Waals surface area contributed by atoms with Gasteiger partial charge in [-0.15, -0.1) is 0 Å². The summed E-state index contributed by atoms with van der Waals surface area (Å²) in [7, 11) is 1.91. The van der Waals surface area contributed by atoms with Crippen molar-refractivity contribution in [2.45, 2.75) is 37.5 Å². The van der Waals surface area contributed by atoms with Crippen LogP contribution in [0.3, 0.4) is 0 Å². The van der Waals surface area contributed by atoms with Gasteiger partial charge < -0.3 is 14.4 Å². The summed E-state index contributed by atoms with van der Waals surface area (Å²) in [6, 6.07) is 0.355. The highest BCUT2D eigenvalue weighted by Crippen LogP contribution is 2.37. The van der Waals surface area contributed by atoms with Crippen molar-refractivity contribution in [3.8, 4) is 0 Å². The molecule has 2 rings (SSSR count). The number of rotatable bonds is 3. The Balaban J connectivity index is 1.83. The van der Waals surface area contributed by atoms with E-state index in [1.165, 1.54) is 0 Å². The fourth-order valence-corrected chi connectivity index (χ4v) is 3.09. The molecule has 17 heavy (non-hydrogen) atoms. The summed E-state index contributed by atoms with van der Waals surface area (Å²) in [6.07, 6.45) is 5.75. The second kappa shape index (κ2) is 5.59. The predicted octanol–water partition coefficient (Wildman–Crippen LogP) is 1.49. The minimum atomic E-state index is -0.320. The number of amides is 1. The summed E-state index contributed by atoms with van der Waals surface area (Å²) in [5.74, 6) is 0.483. The van der Waals surface area contributed by atoms with Crippen molar-refractivity contribution in [1.29, 1.82) is 0 Å². The lowest BCUT2D eigenvalue weighted by Gasteiger charge is -2.39. The van der Waals surface area contributed by atoms with Crippen molar-refractivity contribution >= 4 is 17.7 Å². The van der Waals surface area contributed by atoms with Gasteiger partial charge in [-0.3, -0.25) is 4.79 Å². The number of carbonyl (C=O) groups excluding carboxylic acids is 1. The van der Waals surface area contributed by atoms with Gasteiger partial charge in [0, 0.05) is 25.9 Å². The number of carbonyl (C=O) groups is 1. The Morgan fingerprint density at radius 1 is 1.35 bits per heavy atom. The van der Waals surface area contributed by atoms with Crippen molar-refractivity contribution in [1.82, 2.24) is 4.90 Å². The first-order valence-electron chi connectivity index (χ1n) is 6.19. The molecule has 1 saturated carbocycles. The number of nitrogens with zero attached hydrogens (tertiary/aromatic N) is 1. The summed E-state index contributed by atoms with van der Waals surface area (Å²) in [5.41, 5.74) is 0. The van der Waals surface area contributed by atoms with E-state index in [-0.39, 0.29) is 11.7 Å². The van der Waals surface area contributed by atoms with E-state index in [0.717, 1.165) is 25.7 Å². The van der Waals surface area contributed by atoms with Gasteiger partial charge in [0.25, 0.3) is 0 Å². The van der Waals surface area contributed by atoms with Gasteiger partial charge in [-0.25, -0.2) is 0 Å². The minimum Gasteiger partial charge on any atom is -0.348 e. The number of hydrogen-bond acceptors (Lipinski definition) is 4. The van der Waals surface area contributed by atoms with Crippen LogP contribution in [0.25, 0.3) is 0 Å². The van der Waals surface area contributed by atoms with Crippen molar-refractivity contribution in [3.63, 3.8) is 0 Å². The van der Waals surface area contributed by atoms with Gasteiger partial charge in [-0.1, -0.05) is 0 Å². The Morgan fingerprint density at radius 2 is 1.94 bits per heavy atom. The zero-order valence-corrected chi connectivity index (χ0v) is 11.4. The average molecular weight is 259 g/mol. The molecule has 0 atom stereocenters. The van der Waals surface area contributed by atoms with Gasteiger partial charge in [0.2, 0.25) is 5.91 Å². The monoisotopic (exact) mass is 259 g/mol. The van der Waals surface area contributed by atoms with Crippen molar-refractivity contribution in [2.75, 3.05) is 32.3 Å². The van der Waals surface area contributed by atoms with Gasteiger partial charge in [0.05, 0.1) is 19.0 Å². The first kappa shape index (κ1) is 13.2. The fraction of sp³-hybridized carbons (Fsp3) is 0.917. The highest BCUT2D eigenvalue weighted by atomic mass is 32.2. The summed E-state index contributed by atoms with van der Waals surface area (Å²) in [4.78, 5) is 13.7. The molecule has 98 valence electrons. The van der Waals surface area contributed by atoms with Gasteiger partial charge >= 0.3 is 0 Å². The molecule has 0 aromatic carbocycles. The number of hydrogen-bond donors (Lipinski definition) is 0. The summed E-state index contributed by atoms with van der Waals surface area (Å²) < 4.78 is 11.4. The maximum atomic E-state index is 11.8. The largest absolute Gasteiger partial charge is 0.348 e. The van der Waals surface area contributed by atoms with Crippen molar-refractivity contribution in [3.05, 3.63) is 0 Å².